The van der Waals surface area contributed by atoms with Crippen LogP contribution in [0, 0.1) is 13.0 Å². The van der Waals surface area contributed by atoms with Crippen LogP contribution in [0.25, 0.3) is 0 Å². The van der Waals surface area contributed by atoms with Gasteiger partial charge in [-0.15, -0.1) is 0 Å². The summed E-state index contributed by atoms with van der Waals surface area (Å²) in [4.78, 5) is 0. The first-order chi connectivity index (χ1) is 4.34. The second kappa shape index (κ2) is 4.58. The van der Waals surface area contributed by atoms with E-state index in [1.807, 2.05) is 25.1 Å². The average Bonchev–Trinajstić information content (AvgIpc) is 1.89. The predicted molar refractivity (Wildman–Crippen MR) is 45.1 cm³/mol. The summed E-state index contributed by atoms with van der Waals surface area (Å²) in [5, 5.41) is 0. The molecule has 0 bridgehead atoms. The first-order valence-electron chi connectivity index (χ1n) is 2.86. The van der Waals surface area contributed by atoms with Gasteiger partial charge in [0.25, 0.3) is 0 Å². The Hall–Kier alpha value is -0.214. The molecule has 0 spiro atoms. The van der Waals surface area contributed by atoms with E-state index >= 15 is 0 Å². The Morgan fingerprint density at radius 3 is 2.60 bits per heavy atom. The highest BCUT2D eigenvalue weighted by atomic mass is 24.3. The van der Waals surface area contributed by atoms with E-state index in [0.717, 1.165) is 11.3 Å². The Labute approximate surface area is 77.5 Å². The van der Waals surface area contributed by atoms with Crippen LogP contribution < -0.4 is 4.74 Å². The van der Waals surface area contributed by atoms with Gasteiger partial charge in [0, 0.05) is 0 Å². The maximum absolute atomic E-state index is 5.01. The lowest BCUT2D eigenvalue weighted by atomic mass is 10.2. The lowest BCUT2D eigenvalue weighted by molar-refractivity contribution is 0.411. The SMILES string of the molecule is COc1ccc[c]c1C.[MgH2]. The summed E-state index contributed by atoms with van der Waals surface area (Å²) in [5.41, 5.74) is 1.06. The molecule has 10 heavy (non-hydrogen) atoms. The van der Waals surface area contributed by atoms with Gasteiger partial charge in [-0.2, -0.15) is 0 Å². The molecule has 1 nitrogen and oxygen atoms in total. The van der Waals surface area contributed by atoms with Gasteiger partial charge in [-0.1, -0.05) is 12.1 Å². The summed E-state index contributed by atoms with van der Waals surface area (Å²) in [7, 11) is 1.66. The van der Waals surface area contributed by atoms with E-state index in [0.29, 0.717) is 0 Å². The number of hydrogen-bond acceptors (Lipinski definition) is 1. The van der Waals surface area contributed by atoms with Gasteiger partial charge in [-0.05, 0) is 24.6 Å². The number of hydrogen-bond donors (Lipinski definition) is 0. The molecule has 1 rings (SSSR count). The molecule has 1 aromatic rings. The summed E-state index contributed by atoms with van der Waals surface area (Å²) in [5.74, 6) is 0.900. The number of rotatable bonds is 1. The van der Waals surface area contributed by atoms with E-state index in [2.05, 4.69) is 6.07 Å². The van der Waals surface area contributed by atoms with Gasteiger partial charge >= 0.3 is 23.1 Å². The van der Waals surface area contributed by atoms with Gasteiger partial charge in [0.05, 0.1) is 7.11 Å². The van der Waals surface area contributed by atoms with Gasteiger partial charge < -0.3 is 4.74 Å². The van der Waals surface area contributed by atoms with Crippen molar-refractivity contribution >= 4 is 23.1 Å². The molecule has 0 amide bonds. The highest BCUT2D eigenvalue weighted by Gasteiger charge is 1.91. The fourth-order valence-electron chi connectivity index (χ4n) is 0.726. The van der Waals surface area contributed by atoms with Gasteiger partial charge in [0.1, 0.15) is 5.75 Å². The Kier molecular flexibility index (Phi) is 4.48. The van der Waals surface area contributed by atoms with E-state index in [1.165, 1.54) is 0 Å². The van der Waals surface area contributed by atoms with Crippen molar-refractivity contribution in [2.45, 2.75) is 6.92 Å². The lowest BCUT2D eigenvalue weighted by Crippen LogP contribution is -1.84. The Morgan fingerprint density at radius 1 is 1.50 bits per heavy atom. The zero-order valence-corrected chi connectivity index (χ0v) is 5.64. The van der Waals surface area contributed by atoms with Crippen LogP contribution in [0.1, 0.15) is 5.56 Å². The van der Waals surface area contributed by atoms with Gasteiger partial charge in [-0.3, -0.25) is 0 Å². The molecule has 0 aliphatic heterocycles. The second-order valence-corrected chi connectivity index (χ2v) is 1.86. The monoisotopic (exact) mass is 147 g/mol. The van der Waals surface area contributed by atoms with Crippen LogP contribution in [0.2, 0.25) is 0 Å². The van der Waals surface area contributed by atoms with Crippen molar-refractivity contribution in [3.63, 3.8) is 0 Å². The molecule has 0 aliphatic carbocycles. The third kappa shape index (κ3) is 2.19. The Bertz CT molecular complexity index is 198. The summed E-state index contributed by atoms with van der Waals surface area (Å²) >= 11 is 0. The second-order valence-electron chi connectivity index (χ2n) is 1.86. The highest BCUT2D eigenvalue weighted by Crippen LogP contribution is 2.13. The summed E-state index contributed by atoms with van der Waals surface area (Å²) in [6.07, 6.45) is 0. The van der Waals surface area contributed by atoms with Gasteiger partial charge in [-0.25, -0.2) is 0 Å². The van der Waals surface area contributed by atoms with Crippen LogP contribution in [-0.4, -0.2) is 30.2 Å². The molecule has 1 radical (unpaired) electrons. The van der Waals surface area contributed by atoms with Crippen LogP contribution in [0.5, 0.6) is 5.75 Å². The molecular weight excluding hydrogens is 136 g/mol. The number of benzene rings is 1. The maximum atomic E-state index is 5.01. The summed E-state index contributed by atoms with van der Waals surface area (Å²) < 4.78 is 5.01. The largest absolute Gasteiger partial charge is 0.496 e. The van der Waals surface area contributed by atoms with Crippen molar-refractivity contribution < 1.29 is 4.74 Å². The topological polar surface area (TPSA) is 9.23 Å². The molecule has 51 valence electrons. The molecular formula is C8H11MgO. The number of aryl methyl sites for hydroxylation is 1. The van der Waals surface area contributed by atoms with Crippen molar-refractivity contribution in [1.29, 1.82) is 0 Å². The fraction of sp³-hybridized carbons (Fsp3) is 0.250. The smallest absolute Gasteiger partial charge is 0.316 e. The Balaban J connectivity index is 0.000000810. The fourth-order valence-corrected chi connectivity index (χ4v) is 0.726. The van der Waals surface area contributed by atoms with E-state index in [4.69, 9.17) is 4.74 Å². The van der Waals surface area contributed by atoms with Crippen LogP contribution in [0.4, 0.5) is 0 Å². The van der Waals surface area contributed by atoms with Crippen molar-refractivity contribution in [3.8, 4) is 5.75 Å². The Morgan fingerprint density at radius 2 is 2.20 bits per heavy atom. The van der Waals surface area contributed by atoms with E-state index < -0.39 is 0 Å². The quantitative estimate of drug-likeness (QED) is 0.536. The van der Waals surface area contributed by atoms with E-state index in [1.54, 1.807) is 7.11 Å². The molecule has 0 aromatic heterocycles. The minimum Gasteiger partial charge on any atom is -0.496 e. The molecule has 0 N–H and O–H groups in total. The molecule has 0 aliphatic rings. The third-order valence-electron chi connectivity index (χ3n) is 1.23. The van der Waals surface area contributed by atoms with E-state index in [9.17, 15) is 0 Å². The van der Waals surface area contributed by atoms with Crippen molar-refractivity contribution in [2.24, 2.45) is 0 Å². The molecule has 0 heterocycles. The van der Waals surface area contributed by atoms with Gasteiger partial charge in [0.2, 0.25) is 0 Å². The molecule has 0 fully saturated rings. The number of methoxy groups -OCH3 is 1. The van der Waals surface area contributed by atoms with Crippen LogP contribution >= 0.6 is 0 Å². The first-order valence-corrected chi connectivity index (χ1v) is 2.86. The molecule has 0 atom stereocenters. The lowest BCUT2D eigenvalue weighted by Gasteiger charge is -2.00. The van der Waals surface area contributed by atoms with Crippen LogP contribution in [-0.2, 0) is 0 Å². The van der Waals surface area contributed by atoms with E-state index in [-0.39, 0.29) is 23.1 Å². The third-order valence-corrected chi connectivity index (χ3v) is 1.23. The highest BCUT2D eigenvalue weighted by molar-refractivity contribution is 5.75. The van der Waals surface area contributed by atoms with Crippen molar-refractivity contribution in [1.82, 2.24) is 0 Å². The summed E-state index contributed by atoms with van der Waals surface area (Å²) in [6, 6.07) is 8.73. The molecule has 0 saturated carbocycles. The normalized spacial score (nSPS) is 8.20. The standard InChI is InChI=1S/C8H9O.Mg.2H/c1-7-5-3-4-6-8(7)9-2;;;/h3-4,6H,1-2H3;;;. The number of ether oxygens (including phenoxy) is 1. The predicted octanol–water partition coefficient (Wildman–Crippen LogP) is 0.888. The van der Waals surface area contributed by atoms with Crippen LogP contribution in [0.3, 0.4) is 0 Å². The van der Waals surface area contributed by atoms with Crippen molar-refractivity contribution in [2.75, 3.05) is 7.11 Å². The molecule has 0 saturated heterocycles. The zero-order chi connectivity index (χ0) is 6.69. The van der Waals surface area contributed by atoms with Gasteiger partial charge in [0.15, 0.2) is 0 Å². The first kappa shape index (κ1) is 9.79. The maximum Gasteiger partial charge on any atom is 0.316 e. The molecule has 2 heteroatoms. The summed E-state index contributed by atoms with van der Waals surface area (Å²) in [6.45, 7) is 1.97. The average molecular weight is 147 g/mol. The minimum absolute atomic E-state index is 0. The zero-order valence-electron chi connectivity index (χ0n) is 5.64. The molecule has 1 aromatic carbocycles. The van der Waals surface area contributed by atoms with Crippen LogP contribution in [0.15, 0.2) is 18.2 Å². The minimum atomic E-state index is 0. The molecule has 0 unspecified atom stereocenters. The van der Waals surface area contributed by atoms with Crippen molar-refractivity contribution in [3.05, 3.63) is 29.8 Å².